The third-order valence-corrected chi connectivity index (χ3v) is 3.38. The molecule has 118 valence electrons. The Bertz CT molecular complexity index is 750. The number of hydrogen-bond donors (Lipinski definition) is 2. The number of nitrogens with zero attached hydrogens (tertiary/aromatic N) is 1. The fourth-order valence-electron chi connectivity index (χ4n) is 2.34. The Balaban J connectivity index is 2.65. The maximum atomic E-state index is 12.6. The first-order valence-corrected chi connectivity index (χ1v) is 6.94. The Morgan fingerprint density at radius 1 is 1.36 bits per heavy atom. The maximum absolute atomic E-state index is 12.6. The van der Waals surface area contributed by atoms with Crippen molar-refractivity contribution in [2.45, 2.75) is 32.6 Å². The number of H-pyrrole nitrogens is 1. The lowest BCUT2D eigenvalue weighted by Gasteiger charge is -2.17. The molecular formula is C16H20N2O4. The first kappa shape index (κ1) is 15.9. The number of aromatic amines is 1. The van der Waals surface area contributed by atoms with Crippen LogP contribution in [0.2, 0.25) is 0 Å². The van der Waals surface area contributed by atoms with Crippen LogP contribution in [-0.4, -0.2) is 28.0 Å². The van der Waals surface area contributed by atoms with Crippen LogP contribution in [0.4, 0.5) is 0 Å². The lowest BCUT2D eigenvalue weighted by atomic mass is 9.89. The van der Waals surface area contributed by atoms with Crippen molar-refractivity contribution in [2.75, 3.05) is 7.11 Å². The van der Waals surface area contributed by atoms with Crippen molar-refractivity contribution >= 4 is 5.97 Å². The topological polar surface area (TPSA) is 84.3 Å². The van der Waals surface area contributed by atoms with Gasteiger partial charge in [0, 0.05) is 17.2 Å². The fourth-order valence-corrected chi connectivity index (χ4v) is 2.34. The molecule has 6 nitrogen and oxygen atoms in total. The highest BCUT2D eigenvalue weighted by Crippen LogP contribution is 2.24. The van der Waals surface area contributed by atoms with Crippen molar-refractivity contribution in [1.29, 1.82) is 0 Å². The molecule has 2 rings (SSSR count). The number of carboxylic acids is 1. The average molecular weight is 304 g/mol. The molecule has 22 heavy (non-hydrogen) atoms. The van der Waals surface area contributed by atoms with Gasteiger partial charge in [0.1, 0.15) is 5.75 Å². The van der Waals surface area contributed by atoms with Crippen molar-refractivity contribution in [3.63, 3.8) is 0 Å². The molecule has 1 heterocycles. The Kier molecular flexibility index (Phi) is 4.12. The quantitative estimate of drug-likeness (QED) is 0.906. The van der Waals surface area contributed by atoms with Crippen molar-refractivity contribution in [3.8, 4) is 11.4 Å². The van der Waals surface area contributed by atoms with E-state index >= 15 is 0 Å². The minimum atomic E-state index is -1.03. The largest absolute Gasteiger partial charge is 0.497 e. The first-order valence-electron chi connectivity index (χ1n) is 6.94. The third kappa shape index (κ3) is 3.05. The highest BCUT2D eigenvalue weighted by molar-refractivity contribution is 5.70. The molecule has 0 saturated carbocycles. The summed E-state index contributed by atoms with van der Waals surface area (Å²) in [5, 5.41) is 12.1. The van der Waals surface area contributed by atoms with E-state index in [1.165, 1.54) is 4.68 Å². The van der Waals surface area contributed by atoms with Crippen molar-refractivity contribution in [2.24, 2.45) is 0 Å². The molecule has 0 amide bonds. The van der Waals surface area contributed by atoms with Crippen molar-refractivity contribution in [1.82, 2.24) is 9.78 Å². The van der Waals surface area contributed by atoms with Gasteiger partial charge in [0.25, 0.3) is 5.56 Å². The summed E-state index contributed by atoms with van der Waals surface area (Å²) in [5.74, 6) is -0.407. The molecule has 2 N–H and O–H groups in total. The lowest BCUT2D eigenvalue weighted by molar-refractivity contribution is -0.136. The van der Waals surface area contributed by atoms with Crippen LogP contribution in [0.25, 0.3) is 5.69 Å². The summed E-state index contributed by atoms with van der Waals surface area (Å²) >= 11 is 0. The van der Waals surface area contributed by atoms with Crippen LogP contribution in [-0.2, 0) is 16.6 Å². The van der Waals surface area contributed by atoms with E-state index in [0.717, 1.165) is 0 Å². The standard InChI is InChI=1S/C16H20N2O4/c1-16(2,3)14-12(9-13(19)20)15(21)18(17-14)10-6-5-7-11(8-10)22-4/h5-8,17H,9H2,1-4H3,(H,19,20). The number of methoxy groups -OCH3 is 1. The van der Waals surface area contributed by atoms with Gasteiger partial charge in [-0.05, 0) is 12.1 Å². The monoisotopic (exact) mass is 304 g/mol. The highest BCUT2D eigenvalue weighted by atomic mass is 16.5. The lowest BCUT2D eigenvalue weighted by Crippen LogP contribution is -2.21. The van der Waals surface area contributed by atoms with E-state index in [9.17, 15) is 9.59 Å². The molecule has 0 aliphatic heterocycles. The molecule has 2 aromatic rings. The average Bonchev–Trinajstić information content (AvgIpc) is 2.76. The molecule has 0 unspecified atom stereocenters. The molecular weight excluding hydrogens is 284 g/mol. The van der Waals surface area contributed by atoms with Gasteiger partial charge in [0.2, 0.25) is 0 Å². The van der Waals surface area contributed by atoms with Gasteiger partial charge in [-0.1, -0.05) is 26.8 Å². The number of hydrogen-bond acceptors (Lipinski definition) is 3. The van der Waals surface area contributed by atoms with Crippen LogP contribution in [0.5, 0.6) is 5.75 Å². The second kappa shape index (κ2) is 5.71. The van der Waals surface area contributed by atoms with E-state index in [1.807, 2.05) is 20.8 Å². The zero-order chi connectivity index (χ0) is 16.5. The van der Waals surface area contributed by atoms with E-state index in [-0.39, 0.29) is 23.0 Å². The van der Waals surface area contributed by atoms with E-state index in [0.29, 0.717) is 17.1 Å². The molecule has 0 spiro atoms. The van der Waals surface area contributed by atoms with Gasteiger partial charge < -0.3 is 9.84 Å². The summed E-state index contributed by atoms with van der Waals surface area (Å²) < 4.78 is 6.52. The van der Waals surface area contributed by atoms with Crippen LogP contribution in [0, 0.1) is 0 Å². The van der Waals surface area contributed by atoms with E-state index in [2.05, 4.69) is 5.10 Å². The van der Waals surface area contributed by atoms with E-state index in [1.54, 1.807) is 31.4 Å². The number of rotatable bonds is 4. The van der Waals surface area contributed by atoms with Gasteiger partial charge in [-0.25, -0.2) is 4.68 Å². The summed E-state index contributed by atoms with van der Waals surface area (Å²) in [5.41, 5.74) is 0.797. The summed E-state index contributed by atoms with van der Waals surface area (Å²) in [6, 6.07) is 7.03. The fraction of sp³-hybridized carbons (Fsp3) is 0.375. The van der Waals surface area contributed by atoms with Crippen LogP contribution < -0.4 is 10.3 Å². The predicted octanol–water partition coefficient (Wildman–Crippen LogP) is 2.10. The van der Waals surface area contributed by atoms with E-state index < -0.39 is 5.97 Å². The molecule has 6 heteroatoms. The second-order valence-electron chi connectivity index (χ2n) is 6.13. The molecule has 0 bridgehead atoms. The molecule has 0 saturated heterocycles. The number of ether oxygens (including phenoxy) is 1. The smallest absolute Gasteiger partial charge is 0.308 e. The zero-order valence-corrected chi connectivity index (χ0v) is 13.1. The minimum absolute atomic E-state index is 0.280. The van der Waals surface area contributed by atoms with Crippen LogP contribution in [0.1, 0.15) is 32.0 Å². The first-order chi connectivity index (χ1) is 10.2. The van der Waals surface area contributed by atoms with Gasteiger partial charge in [-0.3, -0.25) is 14.7 Å². The number of benzene rings is 1. The van der Waals surface area contributed by atoms with Gasteiger partial charge in [-0.15, -0.1) is 0 Å². The Hall–Kier alpha value is -2.50. The third-order valence-electron chi connectivity index (χ3n) is 3.38. The van der Waals surface area contributed by atoms with Crippen LogP contribution in [0.15, 0.2) is 29.1 Å². The Morgan fingerprint density at radius 3 is 2.59 bits per heavy atom. The number of nitrogens with one attached hydrogen (secondary N) is 1. The SMILES string of the molecule is COc1cccc(-n2[nH]c(C(C)(C)C)c(CC(=O)O)c2=O)c1. The summed E-state index contributed by atoms with van der Waals surface area (Å²) in [6.07, 6.45) is -0.307. The van der Waals surface area contributed by atoms with Crippen LogP contribution >= 0.6 is 0 Å². The normalized spacial score (nSPS) is 11.5. The predicted molar refractivity (Wildman–Crippen MR) is 83.0 cm³/mol. The molecule has 0 aliphatic carbocycles. The minimum Gasteiger partial charge on any atom is -0.497 e. The Morgan fingerprint density at radius 2 is 2.05 bits per heavy atom. The Labute approximate surface area is 128 Å². The molecule has 1 aromatic carbocycles. The summed E-state index contributed by atoms with van der Waals surface area (Å²) in [4.78, 5) is 23.7. The number of aromatic nitrogens is 2. The molecule has 0 radical (unpaired) electrons. The number of carboxylic acid groups (broad SMARTS) is 1. The number of carbonyl (C=O) groups is 1. The number of aliphatic carboxylic acids is 1. The van der Waals surface area contributed by atoms with E-state index in [4.69, 9.17) is 9.84 Å². The van der Waals surface area contributed by atoms with Gasteiger partial charge in [0.05, 0.1) is 24.8 Å². The highest BCUT2D eigenvalue weighted by Gasteiger charge is 2.26. The summed E-state index contributed by atoms with van der Waals surface area (Å²) in [6.45, 7) is 5.79. The van der Waals surface area contributed by atoms with Crippen molar-refractivity contribution < 1.29 is 14.6 Å². The second-order valence-corrected chi connectivity index (χ2v) is 6.13. The van der Waals surface area contributed by atoms with Crippen molar-refractivity contribution in [3.05, 3.63) is 45.9 Å². The van der Waals surface area contributed by atoms with Gasteiger partial charge in [0.15, 0.2) is 0 Å². The maximum Gasteiger partial charge on any atom is 0.308 e. The zero-order valence-electron chi connectivity index (χ0n) is 13.1. The molecule has 0 aliphatic rings. The molecule has 0 atom stereocenters. The van der Waals surface area contributed by atoms with Gasteiger partial charge >= 0.3 is 5.97 Å². The molecule has 1 aromatic heterocycles. The van der Waals surface area contributed by atoms with Gasteiger partial charge in [-0.2, -0.15) is 0 Å². The summed E-state index contributed by atoms with van der Waals surface area (Å²) in [7, 11) is 1.55. The molecule has 0 fully saturated rings. The van der Waals surface area contributed by atoms with Crippen LogP contribution in [0.3, 0.4) is 0 Å².